The Labute approximate surface area is 143 Å². The molecule has 0 radical (unpaired) electrons. The van der Waals surface area contributed by atoms with E-state index in [1.165, 1.54) is 0 Å². The Morgan fingerprint density at radius 2 is 1.36 bits per heavy atom. The van der Waals surface area contributed by atoms with Crippen molar-refractivity contribution in [1.29, 1.82) is 0 Å². The molecule has 3 aromatic rings. The van der Waals surface area contributed by atoms with Crippen molar-refractivity contribution in [1.82, 2.24) is 10.9 Å². The number of ether oxygens (including phenoxy) is 2. The normalized spacial score (nSPS) is 12.0. The number of amides is 2. The molecule has 2 amide bonds. The molecule has 4 rings (SSSR count). The monoisotopic (exact) mass is 334 g/mol. The Hall–Kier alpha value is -3.54. The maximum absolute atomic E-state index is 12.2. The van der Waals surface area contributed by atoms with Gasteiger partial charge in [-0.25, -0.2) is 0 Å². The minimum atomic E-state index is -0.438. The third-order valence-electron chi connectivity index (χ3n) is 3.94. The average molecular weight is 334 g/mol. The molecular formula is C19H14N2O4. The first-order valence-electron chi connectivity index (χ1n) is 7.70. The smallest absolute Gasteiger partial charge is 0.269 e. The van der Waals surface area contributed by atoms with Crippen LogP contribution in [0, 0.1) is 0 Å². The van der Waals surface area contributed by atoms with Crippen molar-refractivity contribution in [3.8, 4) is 11.5 Å². The Balaban J connectivity index is 1.44. The molecule has 6 nitrogen and oxygen atoms in total. The second kappa shape index (κ2) is 6.16. The fourth-order valence-electron chi connectivity index (χ4n) is 2.63. The van der Waals surface area contributed by atoms with Gasteiger partial charge in [0, 0.05) is 11.1 Å². The third kappa shape index (κ3) is 2.97. The van der Waals surface area contributed by atoms with Crippen LogP contribution in [0.3, 0.4) is 0 Å². The summed E-state index contributed by atoms with van der Waals surface area (Å²) in [7, 11) is 0. The number of hydrogen-bond acceptors (Lipinski definition) is 4. The molecule has 1 aliphatic heterocycles. The van der Waals surface area contributed by atoms with Crippen molar-refractivity contribution in [2.24, 2.45) is 0 Å². The highest BCUT2D eigenvalue weighted by atomic mass is 16.7. The first kappa shape index (κ1) is 15.0. The molecule has 1 aliphatic rings. The lowest BCUT2D eigenvalue weighted by atomic mass is 10.1. The van der Waals surface area contributed by atoms with Crippen LogP contribution >= 0.6 is 0 Å². The molecule has 0 fully saturated rings. The number of nitrogens with one attached hydrogen (secondary N) is 2. The molecule has 0 aromatic heterocycles. The maximum atomic E-state index is 12.2. The van der Waals surface area contributed by atoms with Crippen molar-refractivity contribution < 1.29 is 19.1 Å². The molecule has 0 spiro atoms. The lowest BCUT2D eigenvalue weighted by Gasteiger charge is -2.08. The van der Waals surface area contributed by atoms with E-state index >= 15 is 0 Å². The quantitative estimate of drug-likeness (QED) is 0.707. The van der Waals surface area contributed by atoms with Gasteiger partial charge < -0.3 is 9.47 Å². The number of rotatable bonds is 2. The topological polar surface area (TPSA) is 76.7 Å². The van der Waals surface area contributed by atoms with E-state index in [0.717, 1.165) is 10.8 Å². The largest absolute Gasteiger partial charge is 0.454 e. The van der Waals surface area contributed by atoms with Crippen LogP contribution in [0.15, 0.2) is 60.7 Å². The van der Waals surface area contributed by atoms with Crippen LogP contribution in [0.1, 0.15) is 20.7 Å². The summed E-state index contributed by atoms with van der Waals surface area (Å²) < 4.78 is 10.4. The second-order valence-corrected chi connectivity index (χ2v) is 5.54. The number of hydrogen-bond donors (Lipinski definition) is 2. The van der Waals surface area contributed by atoms with E-state index in [2.05, 4.69) is 10.9 Å². The third-order valence-corrected chi connectivity index (χ3v) is 3.94. The molecule has 0 unspecified atom stereocenters. The molecule has 3 aromatic carbocycles. The number of carbonyl (C=O) groups is 2. The van der Waals surface area contributed by atoms with Gasteiger partial charge in [-0.15, -0.1) is 0 Å². The van der Waals surface area contributed by atoms with Crippen LogP contribution in [-0.2, 0) is 0 Å². The number of fused-ring (bicyclic) bond motifs is 2. The fraction of sp³-hybridized carbons (Fsp3) is 0.0526. The Kier molecular flexibility index (Phi) is 3.70. The van der Waals surface area contributed by atoms with Crippen LogP contribution in [-0.4, -0.2) is 18.6 Å². The van der Waals surface area contributed by atoms with Crippen molar-refractivity contribution in [2.75, 3.05) is 6.79 Å². The standard InChI is InChI=1S/C19H14N2O4/c22-18(14-6-5-12-3-1-2-4-13(12)9-14)20-21-19(23)15-7-8-16-17(10-15)25-11-24-16/h1-10H,11H2,(H,20,22)(H,21,23). The highest BCUT2D eigenvalue weighted by Gasteiger charge is 2.16. The molecule has 25 heavy (non-hydrogen) atoms. The maximum Gasteiger partial charge on any atom is 0.269 e. The van der Waals surface area contributed by atoms with Gasteiger partial charge in [-0.05, 0) is 41.1 Å². The van der Waals surface area contributed by atoms with E-state index in [1.54, 1.807) is 30.3 Å². The SMILES string of the molecule is O=C(NNC(=O)c1ccc2ccccc2c1)c1ccc2c(c1)OCO2. The predicted molar refractivity (Wildman–Crippen MR) is 91.4 cm³/mol. The van der Waals surface area contributed by atoms with Crippen molar-refractivity contribution in [3.05, 3.63) is 71.8 Å². The molecule has 0 saturated heterocycles. The molecule has 6 heteroatoms. The molecule has 0 atom stereocenters. The fourth-order valence-corrected chi connectivity index (χ4v) is 2.63. The summed E-state index contributed by atoms with van der Waals surface area (Å²) in [6.07, 6.45) is 0. The summed E-state index contributed by atoms with van der Waals surface area (Å²) in [6.45, 7) is 0.138. The van der Waals surface area contributed by atoms with Gasteiger partial charge in [-0.2, -0.15) is 0 Å². The van der Waals surface area contributed by atoms with Gasteiger partial charge in [-0.1, -0.05) is 30.3 Å². The van der Waals surface area contributed by atoms with Crippen LogP contribution in [0.25, 0.3) is 10.8 Å². The zero-order valence-corrected chi connectivity index (χ0v) is 13.1. The van der Waals surface area contributed by atoms with E-state index in [1.807, 2.05) is 30.3 Å². The van der Waals surface area contributed by atoms with Crippen LogP contribution in [0.4, 0.5) is 0 Å². The van der Waals surface area contributed by atoms with Gasteiger partial charge in [0.25, 0.3) is 11.8 Å². The van der Waals surface area contributed by atoms with Crippen molar-refractivity contribution in [3.63, 3.8) is 0 Å². The first-order valence-corrected chi connectivity index (χ1v) is 7.70. The molecule has 1 heterocycles. The molecular weight excluding hydrogens is 320 g/mol. The average Bonchev–Trinajstić information content (AvgIpc) is 3.13. The van der Waals surface area contributed by atoms with Gasteiger partial charge >= 0.3 is 0 Å². The minimum Gasteiger partial charge on any atom is -0.454 e. The lowest BCUT2D eigenvalue weighted by Crippen LogP contribution is -2.41. The summed E-state index contributed by atoms with van der Waals surface area (Å²) in [4.78, 5) is 24.4. The van der Waals surface area contributed by atoms with Crippen LogP contribution < -0.4 is 20.3 Å². The highest BCUT2D eigenvalue weighted by molar-refractivity contribution is 6.01. The zero-order valence-electron chi connectivity index (χ0n) is 13.1. The van der Waals surface area contributed by atoms with E-state index in [0.29, 0.717) is 22.6 Å². The molecule has 124 valence electrons. The van der Waals surface area contributed by atoms with Gasteiger partial charge in [0.05, 0.1) is 0 Å². The first-order chi connectivity index (χ1) is 12.2. The van der Waals surface area contributed by atoms with E-state index < -0.39 is 5.91 Å². The highest BCUT2D eigenvalue weighted by Crippen LogP contribution is 2.32. The minimum absolute atomic E-state index is 0.138. The summed E-state index contributed by atoms with van der Waals surface area (Å²) in [5, 5.41) is 2.00. The van der Waals surface area contributed by atoms with Crippen molar-refractivity contribution in [2.45, 2.75) is 0 Å². The lowest BCUT2D eigenvalue weighted by molar-refractivity contribution is 0.0846. The van der Waals surface area contributed by atoms with Crippen LogP contribution in [0.5, 0.6) is 11.5 Å². The van der Waals surface area contributed by atoms with E-state index in [-0.39, 0.29) is 12.7 Å². The van der Waals surface area contributed by atoms with Crippen molar-refractivity contribution >= 4 is 22.6 Å². The number of hydrazine groups is 1. The van der Waals surface area contributed by atoms with E-state index in [9.17, 15) is 9.59 Å². The molecule has 2 N–H and O–H groups in total. The van der Waals surface area contributed by atoms with Gasteiger partial charge in [-0.3, -0.25) is 20.4 Å². The van der Waals surface area contributed by atoms with Gasteiger partial charge in [0.15, 0.2) is 11.5 Å². The summed E-state index contributed by atoms with van der Waals surface area (Å²) >= 11 is 0. The van der Waals surface area contributed by atoms with Crippen LogP contribution in [0.2, 0.25) is 0 Å². The Bertz CT molecular complexity index is 984. The summed E-state index contributed by atoms with van der Waals surface area (Å²) in [5.74, 6) is 0.276. The second-order valence-electron chi connectivity index (χ2n) is 5.54. The zero-order chi connectivity index (χ0) is 17.2. The molecule has 0 saturated carbocycles. The summed E-state index contributed by atoms with van der Waals surface area (Å²) in [5.41, 5.74) is 5.65. The molecule has 0 aliphatic carbocycles. The Morgan fingerprint density at radius 3 is 2.16 bits per heavy atom. The number of benzene rings is 3. The summed E-state index contributed by atoms with van der Waals surface area (Å²) in [6, 6.07) is 17.9. The Morgan fingerprint density at radius 1 is 0.720 bits per heavy atom. The number of carbonyl (C=O) groups excluding carboxylic acids is 2. The van der Waals surface area contributed by atoms with Gasteiger partial charge in [0.1, 0.15) is 0 Å². The van der Waals surface area contributed by atoms with E-state index in [4.69, 9.17) is 9.47 Å². The predicted octanol–water partition coefficient (Wildman–Crippen LogP) is 2.64. The molecule has 0 bridgehead atoms. The van der Waals surface area contributed by atoms with Gasteiger partial charge in [0.2, 0.25) is 6.79 Å².